The molecule has 2 atom stereocenters. The average molecular weight is 845 g/mol. The molecule has 1 N–H and O–H groups in total. The number of unbranched alkanes of at least 4 members (excludes halogenated alkanes) is 29. The molecule has 9 nitrogen and oxygen atoms in total. The van der Waals surface area contributed by atoms with Crippen molar-refractivity contribution in [3.8, 4) is 0 Å². The Bertz CT molecular complexity index is 1000. The van der Waals surface area contributed by atoms with Crippen LogP contribution in [-0.4, -0.2) is 74.9 Å². The number of carbonyl (C=O) groups is 2. The molecule has 0 aromatic heterocycles. The topological polar surface area (TPSA) is 108 Å². The number of quaternary nitrogens is 1. The van der Waals surface area contributed by atoms with Crippen LogP contribution in [0.1, 0.15) is 232 Å². The molecule has 0 spiro atoms. The number of phosphoric ester groups is 1. The van der Waals surface area contributed by atoms with Crippen LogP contribution >= 0.6 is 7.82 Å². The zero-order valence-electron chi connectivity index (χ0n) is 38.8. The molecule has 0 aliphatic heterocycles. The SMILES string of the molecule is CCCCCC/C=C\CCCCCCCCCC(=O)O[C@H](COC(=O)CCCCCCCCCCCCCCCCCCCCC)COP(=O)(O)OCC[N+](C)(C)C. The second-order valence-corrected chi connectivity index (χ2v) is 19.3. The molecule has 0 radical (unpaired) electrons. The van der Waals surface area contributed by atoms with Crippen molar-refractivity contribution in [3.05, 3.63) is 12.2 Å². The van der Waals surface area contributed by atoms with Crippen LogP contribution < -0.4 is 0 Å². The van der Waals surface area contributed by atoms with Crippen molar-refractivity contribution in [1.82, 2.24) is 0 Å². The van der Waals surface area contributed by atoms with E-state index < -0.39 is 26.5 Å². The Morgan fingerprint density at radius 2 is 0.879 bits per heavy atom. The molecule has 0 rings (SSSR count). The Balaban J connectivity index is 4.24. The minimum absolute atomic E-state index is 0.0341. The Labute approximate surface area is 358 Å². The number of rotatable bonds is 45. The van der Waals surface area contributed by atoms with Crippen LogP contribution in [0.2, 0.25) is 0 Å². The van der Waals surface area contributed by atoms with Gasteiger partial charge in [0.15, 0.2) is 6.10 Å². The Hall–Kier alpha value is -1.25. The maximum Gasteiger partial charge on any atom is 0.472 e. The predicted molar refractivity (Wildman–Crippen MR) is 243 cm³/mol. The van der Waals surface area contributed by atoms with Gasteiger partial charge in [-0.1, -0.05) is 193 Å². The van der Waals surface area contributed by atoms with Gasteiger partial charge in [-0.05, 0) is 38.5 Å². The molecule has 0 saturated heterocycles. The lowest BCUT2D eigenvalue weighted by Crippen LogP contribution is -2.37. The largest absolute Gasteiger partial charge is 0.472 e. The third-order valence-electron chi connectivity index (χ3n) is 10.8. The number of hydrogen-bond donors (Lipinski definition) is 1. The van der Waals surface area contributed by atoms with Crippen molar-refractivity contribution in [2.24, 2.45) is 0 Å². The summed E-state index contributed by atoms with van der Waals surface area (Å²) in [6.45, 7) is 4.45. The summed E-state index contributed by atoms with van der Waals surface area (Å²) >= 11 is 0. The van der Waals surface area contributed by atoms with E-state index in [4.69, 9.17) is 18.5 Å². The van der Waals surface area contributed by atoms with Gasteiger partial charge < -0.3 is 18.9 Å². The fourth-order valence-corrected chi connectivity index (χ4v) is 7.69. The Morgan fingerprint density at radius 1 is 0.517 bits per heavy atom. The van der Waals surface area contributed by atoms with Gasteiger partial charge in [0.2, 0.25) is 0 Å². The molecular weight excluding hydrogens is 750 g/mol. The summed E-state index contributed by atoms with van der Waals surface area (Å²) in [6.07, 6.45) is 44.0. The summed E-state index contributed by atoms with van der Waals surface area (Å²) in [7, 11) is 1.49. The Kier molecular flexibility index (Phi) is 40.2. The first-order valence-corrected chi connectivity index (χ1v) is 25.9. The van der Waals surface area contributed by atoms with Gasteiger partial charge in [-0.3, -0.25) is 18.6 Å². The number of ether oxygens (including phenoxy) is 2. The molecule has 0 aliphatic carbocycles. The van der Waals surface area contributed by atoms with E-state index in [1.165, 1.54) is 154 Å². The molecule has 0 heterocycles. The number of phosphoric acid groups is 1. The van der Waals surface area contributed by atoms with Gasteiger partial charge in [0.25, 0.3) is 0 Å². The minimum atomic E-state index is -4.37. The molecule has 0 saturated carbocycles. The number of nitrogens with zero attached hydrogens (tertiary/aromatic N) is 1. The molecule has 0 aromatic rings. The van der Waals surface area contributed by atoms with E-state index in [0.717, 1.165) is 44.9 Å². The van der Waals surface area contributed by atoms with E-state index in [9.17, 15) is 19.0 Å². The highest BCUT2D eigenvalue weighted by Gasteiger charge is 2.27. The molecule has 1 unspecified atom stereocenters. The van der Waals surface area contributed by atoms with E-state index in [2.05, 4.69) is 26.0 Å². The summed E-state index contributed by atoms with van der Waals surface area (Å²) in [5, 5.41) is 0. The molecule has 0 fully saturated rings. The smallest absolute Gasteiger partial charge is 0.462 e. The lowest BCUT2D eigenvalue weighted by molar-refractivity contribution is -0.870. The lowest BCUT2D eigenvalue weighted by Gasteiger charge is -2.24. The Morgan fingerprint density at radius 3 is 1.29 bits per heavy atom. The van der Waals surface area contributed by atoms with E-state index in [1.54, 1.807) is 0 Å². The molecule has 0 amide bonds. The van der Waals surface area contributed by atoms with Gasteiger partial charge in [-0.2, -0.15) is 0 Å². The normalized spacial score (nSPS) is 13.6. The van der Waals surface area contributed by atoms with Crippen molar-refractivity contribution < 1.29 is 42.1 Å². The average Bonchev–Trinajstić information content (AvgIpc) is 3.17. The summed E-state index contributed by atoms with van der Waals surface area (Å²) < 4.78 is 34.4. The molecule has 0 aromatic carbocycles. The van der Waals surface area contributed by atoms with Crippen LogP contribution in [0.15, 0.2) is 12.2 Å². The van der Waals surface area contributed by atoms with Crippen LogP contribution in [0.4, 0.5) is 0 Å². The standard InChI is InChI=1S/C48H94NO8P/c1-6-8-10-12-14-16-18-20-22-23-24-25-27-28-30-32-34-36-38-40-47(50)54-44-46(45-56-58(52,53)55-43-42-49(3,4)5)57-48(51)41-39-37-35-33-31-29-26-21-19-17-15-13-11-9-7-2/h17,19,46H,6-16,18,20-45H2,1-5H3/p+1/b19-17-/t46-/m1/s1. The molecule has 0 bridgehead atoms. The van der Waals surface area contributed by atoms with E-state index in [0.29, 0.717) is 23.9 Å². The zero-order valence-corrected chi connectivity index (χ0v) is 39.7. The highest BCUT2D eigenvalue weighted by Crippen LogP contribution is 2.43. The third kappa shape index (κ3) is 44.3. The highest BCUT2D eigenvalue weighted by molar-refractivity contribution is 7.47. The summed E-state index contributed by atoms with van der Waals surface area (Å²) in [5.41, 5.74) is 0. The molecule has 344 valence electrons. The van der Waals surface area contributed by atoms with Crippen molar-refractivity contribution in [2.75, 3.05) is 47.5 Å². The van der Waals surface area contributed by atoms with Crippen LogP contribution in [-0.2, 0) is 32.7 Å². The van der Waals surface area contributed by atoms with Crippen LogP contribution in [0.25, 0.3) is 0 Å². The molecule has 58 heavy (non-hydrogen) atoms. The summed E-state index contributed by atoms with van der Waals surface area (Å²) in [5.74, 6) is -0.790. The number of esters is 2. The maximum absolute atomic E-state index is 12.7. The molecule has 10 heteroatoms. The molecular formula is C48H95NO8P+. The summed E-state index contributed by atoms with van der Waals surface area (Å²) in [4.78, 5) is 35.5. The van der Waals surface area contributed by atoms with Gasteiger partial charge in [-0.25, -0.2) is 4.57 Å². The molecule has 0 aliphatic rings. The van der Waals surface area contributed by atoms with Gasteiger partial charge in [0.05, 0.1) is 27.7 Å². The zero-order chi connectivity index (χ0) is 42.8. The van der Waals surface area contributed by atoms with Gasteiger partial charge >= 0.3 is 19.8 Å². The first-order chi connectivity index (χ1) is 28.0. The van der Waals surface area contributed by atoms with Crippen molar-refractivity contribution >= 4 is 19.8 Å². The van der Waals surface area contributed by atoms with E-state index in [-0.39, 0.29) is 25.6 Å². The highest BCUT2D eigenvalue weighted by atomic mass is 31.2. The number of allylic oxidation sites excluding steroid dienone is 2. The van der Waals surface area contributed by atoms with Gasteiger partial charge in [-0.15, -0.1) is 0 Å². The second-order valence-electron chi connectivity index (χ2n) is 17.9. The first kappa shape index (κ1) is 56.8. The van der Waals surface area contributed by atoms with Gasteiger partial charge in [0, 0.05) is 12.8 Å². The minimum Gasteiger partial charge on any atom is -0.462 e. The van der Waals surface area contributed by atoms with Crippen LogP contribution in [0.5, 0.6) is 0 Å². The van der Waals surface area contributed by atoms with Crippen molar-refractivity contribution in [1.29, 1.82) is 0 Å². The van der Waals surface area contributed by atoms with Crippen molar-refractivity contribution in [3.63, 3.8) is 0 Å². The fraction of sp³-hybridized carbons (Fsp3) is 0.917. The second kappa shape index (κ2) is 41.1. The predicted octanol–water partition coefficient (Wildman–Crippen LogP) is 14.1. The fourth-order valence-electron chi connectivity index (χ4n) is 6.95. The van der Waals surface area contributed by atoms with E-state index in [1.807, 2.05) is 21.1 Å². The van der Waals surface area contributed by atoms with E-state index >= 15 is 0 Å². The number of hydrogen-bond acceptors (Lipinski definition) is 7. The van der Waals surface area contributed by atoms with Crippen LogP contribution in [0, 0.1) is 0 Å². The van der Waals surface area contributed by atoms with Crippen molar-refractivity contribution in [2.45, 2.75) is 238 Å². The number of carbonyl (C=O) groups excluding carboxylic acids is 2. The third-order valence-corrected chi connectivity index (χ3v) is 11.8. The number of likely N-dealkylation sites (N-methyl/N-ethyl adjacent to an activating group) is 1. The van der Waals surface area contributed by atoms with Crippen LogP contribution in [0.3, 0.4) is 0 Å². The van der Waals surface area contributed by atoms with Gasteiger partial charge in [0.1, 0.15) is 19.8 Å². The lowest BCUT2D eigenvalue weighted by atomic mass is 10.0. The first-order valence-electron chi connectivity index (χ1n) is 24.4. The maximum atomic E-state index is 12.7. The monoisotopic (exact) mass is 845 g/mol. The summed E-state index contributed by atoms with van der Waals surface area (Å²) in [6, 6.07) is 0. The quantitative estimate of drug-likeness (QED) is 0.0212.